The maximum atomic E-state index is 5.77. The van der Waals surface area contributed by atoms with Crippen LogP contribution in [0.2, 0.25) is 0 Å². The first kappa shape index (κ1) is 13.1. The third-order valence-electron chi connectivity index (χ3n) is 3.43. The van der Waals surface area contributed by atoms with E-state index in [9.17, 15) is 0 Å². The molecule has 0 fully saturated rings. The monoisotopic (exact) mass is 285 g/mol. The molecule has 3 aromatic rings. The van der Waals surface area contributed by atoms with Crippen molar-refractivity contribution in [2.45, 2.75) is 20.3 Å². The van der Waals surface area contributed by atoms with Crippen LogP contribution < -0.4 is 0 Å². The molecule has 0 saturated carbocycles. The number of halogens is 1. The normalized spacial score (nSPS) is 11.2. The number of benzene rings is 1. The van der Waals surface area contributed by atoms with Crippen molar-refractivity contribution in [1.29, 1.82) is 0 Å². The zero-order valence-electron chi connectivity index (χ0n) is 11.6. The molecule has 2 heterocycles. The van der Waals surface area contributed by atoms with Crippen LogP contribution >= 0.6 is 11.6 Å². The number of alkyl halides is 1. The Morgan fingerprint density at radius 2 is 1.90 bits per heavy atom. The van der Waals surface area contributed by atoms with Gasteiger partial charge in [0, 0.05) is 17.3 Å². The predicted octanol–water partition coefficient (Wildman–Crippen LogP) is 3.82. The number of hydrogen-bond donors (Lipinski definition) is 0. The standard InChI is InChI=1S/C16H16ClN3/c1-11-9-15-16(12(2)19-11)18-10-20(15)14-5-3-13(4-6-14)7-8-17/h3-6,9-10H,7-8H2,1-2H3. The lowest BCUT2D eigenvalue weighted by atomic mass is 10.1. The molecule has 0 N–H and O–H groups in total. The Hall–Kier alpha value is -1.87. The SMILES string of the molecule is Cc1cc2c(ncn2-c2ccc(CCCl)cc2)c(C)n1. The van der Waals surface area contributed by atoms with Gasteiger partial charge in [-0.1, -0.05) is 12.1 Å². The number of aryl methyl sites for hydroxylation is 3. The first-order valence-corrected chi connectivity index (χ1v) is 7.19. The molecule has 0 spiro atoms. The smallest absolute Gasteiger partial charge is 0.110 e. The fourth-order valence-corrected chi connectivity index (χ4v) is 2.68. The van der Waals surface area contributed by atoms with E-state index in [0.29, 0.717) is 5.88 Å². The Kier molecular flexibility index (Phi) is 3.45. The minimum Gasteiger partial charge on any atom is -0.299 e. The number of pyridine rings is 1. The van der Waals surface area contributed by atoms with Crippen LogP contribution in [0.15, 0.2) is 36.7 Å². The number of nitrogens with zero attached hydrogens (tertiary/aromatic N) is 3. The number of rotatable bonds is 3. The summed E-state index contributed by atoms with van der Waals surface area (Å²) in [5.74, 6) is 0.650. The van der Waals surface area contributed by atoms with Crippen molar-refractivity contribution in [3.8, 4) is 5.69 Å². The average Bonchev–Trinajstić information content (AvgIpc) is 2.84. The number of aromatic nitrogens is 3. The van der Waals surface area contributed by atoms with Crippen molar-refractivity contribution in [3.63, 3.8) is 0 Å². The van der Waals surface area contributed by atoms with Crippen LogP contribution in [-0.2, 0) is 6.42 Å². The Bertz CT molecular complexity index is 744. The maximum absolute atomic E-state index is 5.77. The number of imidazole rings is 1. The molecule has 102 valence electrons. The summed E-state index contributed by atoms with van der Waals surface area (Å²) < 4.78 is 2.10. The summed E-state index contributed by atoms with van der Waals surface area (Å²) in [6.45, 7) is 4.00. The van der Waals surface area contributed by atoms with Gasteiger partial charge < -0.3 is 0 Å². The quantitative estimate of drug-likeness (QED) is 0.685. The van der Waals surface area contributed by atoms with E-state index in [1.807, 2.05) is 20.2 Å². The molecule has 0 aliphatic rings. The molecule has 0 aliphatic carbocycles. The van der Waals surface area contributed by atoms with Gasteiger partial charge in [0.15, 0.2) is 0 Å². The Morgan fingerprint density at radius 3 is 2.60 bits per heavy atom. The molecule has 0 saturated heterocycles. The summed E-state index contributed by atoms with van der Waals surface area (Å²) in [5.41, 5.74) is 6.39. The Labute approximate surface area is 123 Å². The summed E-state index contributed by atoms with van der Waals surface area (Å²) in [6, 6.07) is 10.5. The minimum atomic E-state index is 0.650. The molecule has 0 amide bonds. The Balaban J connectivity index is 2.10. The highest BCUT2D eigenvalue weighted by molar-refractivity contribution is 6.17. The van der Waals surface area contributed by atoms with Crippen LogP contribution in [0.25, 0.3) is 16.7 Å². The fraction of sp³-hybridized carbons (Fsp3) is 0.250. The molecule has 0 bridgehead atoms. The highest BCUT2D eigenvalue weighted by Crippen LogP contribution is 2.21. The van der Waals surface area contributed by atoms with Gasteiger partial charge in [0.1, 0.15) is 11.8 Å². The van der Waals surface area contributed by atoms with E-state index in [0.717, 1.165) is 34.5 Å². The molecular weight excluding hydrogens is 270 g/mol. The van der Waals surface area contributed by atoms with Crippen molar-refractivity contribution >= 4 is 22.6 Å². The maximum Gasteiger partial charge on any atom is 0.110 e. The van der Waals surface area contributed by atoms with Crippen LogP contribution in [0, 0.1) is 13.8 Å². The molecule has 3 nitrogen and oxygen atoms in total. The van der Waals surface area contributed by atoms with Crippen LogP contribution in [0.4, 0.5) is 0 Å². The third kappa shape index (κ3) is 2.29. The van der Waals surface area contributed by atoms with Crippen LogP contribution in [0.1, 0.15) is 17.0 Å². The first-order valence-electron chi connectivity index (χ1n) is 6.65. The van der Waals surface area contributed by atoms with E-state index in [2.05, 4.69) is 44.9 Å². The lowest BCUT2D eigenvalue weighted by molar-refractivity contribution is 1.07. The highest BCUT2D eigenvalue weighted by atomic mass is 35.5. The number of hydrogen-bond acceptors (Lipinski definition) is 2. The summed E-state index contributed by atoms with van der Waals surface area (Å²) in [6.07, 6.45) is 2.75. The van der Waals surface area contributed by atoms with Crippen molar-refractivity contribution < 1.29 is 0 Å². The highest BCUT2D eigenvalue weighted by Gasteiger charge is 2.08. The second-order valence-corrected chi connectivity index (χ2v) is 5.31. The summed E-state index contributed by atoms with van der Waals surface area (Å²) in [7, 11) is 0. The molecule has 3 rings (SSSR count). The zero-order chi connectivity index (χ0) is 14.1. The van der Waals surface area contributed by atoms with Gasteiger partial charge in [0.25, 0.3) is 0 Å². The molecular formula is C16H16ClN3. The van der Waals surface area contributed by atoms with E-state index in [-0.39, 0.29) is 0 Å². The molecule has 4 heteroatoms. The zero-order valence-corrected chi connectivity index (χ0v) is 12.4. The lowest BCUT2D eigenvalue weighted by Gasteiger charge is -2.06. The van der Waals surface area contributed by atoms with E-state index in [4.69, 9.17) is 11.6 Å². The fourth-order valence-electron chi connectivity index (χ4n) is 2.46. The lowest BCUT2D eigenvalue weighted by Crippen LogP contribution is -1.95. The van der Waals surface area contributed by atoms with Gasteiger partial charge in [-0.3, -0.25) is 9.55 Å². The third-order valence-corrected chi connectivity index (χ3v) is 3.62. The molecule has 0 atom stereocenters. The van der Waals surface area contributed by atoms with Gasteiger partial charge in [-0.15, -0.1) is 11.6 Å². The van der Waals surface area contributed by atoms with Crippen LogP contribution in [0.3, 0.4) is 0 Å². The van der Waals surface area contributed by atoms with Gasteiger partial charge in [-0.2, -0.15) is 0 Å². The van der Waals surface area contributed by atoms with E-state index in [1.165, 1.54) is 5.56 Å². The summed E-state index contributed by atoms with van der Waals surface area (Å²) in [4.78, 5) is 8.93. The topological polar surface area (TPSA) is 30.7 Å². The molecule has 1 aromatic carbocycles. The van der Waals surface area contributed by atoms with Gasteiger partial charge >= 0.3 is 0 Å². The molecule has 2 aromatic heterocycles. The second-order valence-electron chi connectivity index (χ2n) is 4.94. The van der Waals surface area contributed by atoms with Gasteiger partial charge in [0.2, 0.25) is 0 Å². The van der Waals surface area contributed by atoms with Crippen LogP contribution in [-0.4, -0.2) is 20.4 Å². The largest absolute Gasteiger partial charge is 0.299 e. The van der Waals surface area contributed by atoms with E-state index >= 15 is 0 Å². The van der Waals surface area contributed by atoms with Crippen molar-refractivity contribution in [3.05, 3.63) is 53.6 Å². The predicted molar refractivity (Wildman–Crippen MR) is 82.8 cm³/mol. The van der Waals surface area contributed by atoms with E-state index in [1.54, 1.807) is 0 Å². The van der Waals surface area contributed by atoms with Gasteiger partial charge in [0.05, 0.1) is 11.2 Å². The first-order chi connectivity index (χ1) is 9.69. The molecule has 20 heavy (non-hydrogen) atoms. The number of fused-ring (bicyclic) bond motifs is 1. The summed E-state index contributed by atoms with van der Waals surface area (Å²) in [5, 5.41) is 0. The van der Waals surface area contributed by atoms with E-state index < -0.39 is 0 Å². The Morgan fingerprint density at radius 1 is 1.15 bits per heavy atom. The minimum absolute atomic E-state index is 0.650. The van der Waals surface area contributed by atoms with Gasteiger partial charge in [-0.05, 0) is 44.0 Å². The van der Waals surface area contributed by atoms with Gasteiger partial charge in [-0.25, -0.2) is 4.98 Å². The second kappa shape index (κ2) is 5.25. The van der Waals surface area contributed by atoms with Crippen LogP contribution in [0.5, 0.6) is 0 Å². The summed E-state index contributed by atoms with van der Waals surface area (Å²) >= 11 is 5.77. The van der Waals surface area contributed by atoms with Crippen molar-refractivity contribution in [2.75, 3.05) is 5.88 Å². The molecule has 0 aliphatic heterocycles. The molecule has 0 unspecified atom stereocenters. The molecule has 0 radical (unpaired) electrons. The van der Waals surface area contributed by atoms with Crippen molar-refractivity contribution in [2.24, 2.45) is 0 Å². The average molecular weight is 286 g/mol. The van der Waals surface area contributed by atoms with Crippen molar-refractivity contribution in [1.82, 2.24) is 14.5 Å².